The molecule has 4 fully saturated rings. The van der Waals surface area contributed by atoms with Gasteiger partial charge in [0, 0.05) is 44.7 Å². The number of piperidine rings is 1. The summed E-state index contributed by atoms with van der Waals surface area (Å²) < 4.78 is 20.4. The van der Waals surface area contributed by atoms with Crippen LogP contribution in [0.2, 0.25) is 0 Å². The highest BCUT2D eigenvalue weighted by Crippen LogP contribution is 2.40. The van der Waals surface area contributed by atoms with Gasteiger partial charge in [0.1, 0.15) is 0 Å². The maximum Gasteiger partial charge on any atom is 0.260 e. The number of ether oxygens (including phenoxy) is 1. The number of likely N-dealkylation sites (tertiary alicyclic amines) is 2. The lowest BCUT2D eigenvalue weighted by Gasteiger charge is -2.45. The van der Waals surface area contributed by atoms with E-state index < -0.39 is 5.67 Å². The first kappa shape index (κ1) is 18.6. The summed E-state index contributed by atoms with van der Waals surface area (Å²) >= 11 is 0. The fraction of sp³-hybridized carbons (Fsp3) is 0.950. The van der Waals surface area contributed by atoms with E-state index in [2.05, 4.69) is 9.80 Å². The van der Waals surface area contributed by atoms with Crippen LogP contribution >= 0.6 is 0 Å². The van der Waals surface area contributed by atoms with Gasteiger partial charge < -0.3 is 14.5 Å². The van der Waals surface area contributed by atoms with Gasteiger partial charge in [-0.3, -0.25) is 9.69 Å². The number of hydrogen-bond donors (Lipinski definition) is 0. The zero-order valence-electron chi connectivity index (χ0n) is 16.1. The molecule has 6 heteroatoms. The van der Waals surface area contributed by atoms with Crippen molar-refractivity contribution in [2.75, 3.05) is 65.6 Å². The van der Waals surface area contributed by atoms with Crippen molar-refractivity contribution in [2.45, 2.75) is 50.6 Å². The molecule has 1 amide bonds. The average Bonchev–Trinajstić information content (AvgIpc) is 3.07. The Morgan fingerprint density at radius 2 is 1.58 bits per heavy atom. The molecule has 0 N–H and O–H groups in total. The molecule has 0 bridgehead atoms. The van der Waals surface area contributed by atoms with Crippen molar-refractivity contribution in [1.29, 1.82) is 0 Å². The molecule has 1 spiro atoms. The minimum absolute atomic E-state index is 0.140. The third kappa shape index (κ3) is 3.92. The smallest absolute Gasteiger partial charge is 0.260 e. The van der Waals surface area contributed by atoms with E-state index in [1.807, 2.05) is 0 Å². The second-order valence-corrected chi connectivity index (χ2v) is 8.99. The summed E-state index contributed by atoms with van der Waals surface area (Å²) in [5.41, 5.74) is -1.41. The van der Waals surface area contributed by atoms with E-state index in [1.165, 1.54) is 25.9 Å². The van der Waals surface area contributed by atoms with Gasteiger partial charge in [0.2, 0.25) is 0 Å². The second kappa shape index (κ2) is 7.72. The SMILES string of the molecule is O=C(N1CCC2(CC1)COCCN(CCN1CCCC1)C2)C1(F)CCC1. The van der Waals surface area contributed by atoms with Crippen molar-refractivity contribution >= 4 is 5.91 Å². The molecule has 0 aromatic rings. The van der Waals surface area contributed by atoms with E-state index in [1.54, 1.807) is 4.90 Å². The molecule has 3 aliphatic heterocycles. The van der Waals surface area contributed by atoms with Crippen molar-refractivity contribution in [2.24, 2.45) is 5.41 Å². The fourth-order valence-electron chi connectivity index (χ4n) is 5.03. The standard InChI is InChI=1S/C20H34FN3O2/c21-20(4-3-5-20)18(25)24-10-6-19(7-11-24)16-23(14-15-26-17-19)13-12-22-8-1-2-9-22/h1-17H2. The minimum atomic E-state index is -1.55. The zero-order valence-corrected chi connectivity index (χ0v) is 16.1. The van der Waals surface area contributed by atoms with Crippen molar-refractivity contribution in [1.82, 2.24) is 14.7 Å². The fourth-order valence-corrected chi connectivity index (χ4v) is 5.03. The Balaban J connectivity index is 1.30. The Morgan fingerprint density at radius 3 is 2.23 bits per heavy atom. The molecule has 0 atom stereocenters. The van der Waals surface area contributed by atoms with Gasteiger partial charge in [-0.25, -0.2) is 4.39 Å². The molecule has 0 aromatic carbocycles. The van der Waals surface area contributed by atoms with Gasteiger partial charge >= 0.3 is 0 Å². The number of hydrogen-bond acceptors (Lipinski definition) is 4. The third-order valence-corrected chi connectivity index (χ3v) is 7.09. The highest BCUT2D eigenvalue weighted by molar-refractivity contribution is 5.86. The molecular weight excluding hydrogens is 333 g/mol. The summed E-state index contributed by atoms with van der Waals surface area (Å²) in [4.78, 5) is 19.4. The van der Waals surface area contributed by atoms with Crippen LogP contribution in [-0.4, -0.2) is 91.8 Å². The van der Waals surface area contributed by atoms with Crippen LogP contribution in [0.5, 0.6) is 0 Å². The molecular formula is C20H34FN3O2. The molecule has 148 valence electrons. The monoisotopic (exact) mass is 367 g/mol. The molecule has 1 saturated carbocycles. The zero-order chi connectivity index (χ0) is 18.0. The van der Waals surface area contributed by atoms with Crippen LogP contribution < -0.4 is 0 Å². The third-order valence-electron chi connectivity index (χ3n) is 7.09. The summed E-state index contributed by atoms with van der Waals surface area (Å²) in [6, 6.07) is 0. The van der Waals surface area contributed by atoms with E-state index in [0.29, 0.717) is 25.9 Å². The van der Waals surface area contributed by atoms with E-state index in [-0.39, 0.29) is 11.3 Å². The first-order valence-electron chi connectivity index (χ1n) is 10.6. The van der Waals surface area contributed by atoms with Gasteiger partial charge in [0.15, 0.2) is 5.67 Å². The van der Waals surface area contributed by atoms with Crippen LogP contribution in [0.1, 0.15) is 44.9 Å². The number of halogens is 1. The normalized spacial score (nSPS) is 29.5. The first-order valence-corrected chi connectivity index (χ1v) is 10.6. The van der Waals surface area contributed by atoms with E-state index in [9.17, 15) is 9.18 Å². The van der Waals surface area contributed by atoms with Crippen LogP contribution in [-0.2, 0) is 9.53 Å². The van der Waals surface area contributed by atoms with Gasteiger partial charge in [-0.1, -0.05) is 0 Å². The van der Waals surface area contributed by atoms with E-state index in [4.69, 9.17) is 4.74 Å². The highest BCUT2D eigenvalue weighted by Gasteiger charge is 2.49. The topological polar surface area (TPSA) is 36.0 Å². The molecule has 3 saturated heterocycles. The van der Waals surface area contributed by atoms with Crippen molar-refractivity contribution in [3.63, 3.8) is 0 Å². The summed E-state index contributed by atoms with van der Waals surface area (Å²) in [7, 11) is 0. The van der Waals surface area contributed by atoms with Gasteiger partial charge in [-0.2, -0.15) is 0 Å². The van der Waals surface area contributed by atoms with Crippen LogP contribution in [0.4, 0.5) is 4.39 Å². The largest absolute Gasteiger partial charge is 0.379 e. The molecule has 5 nitrogen and oxygen atoms in total. The lowest BCUT2D eigenvalue weighted by atomic mass is 9.76. The van der Waals surface area contributed by atoms with Crippen LogP contribution in [0, 0.1) is 5.41 Å². The molecule has 0 unspecified atom stereocenters. The maximum atomic E-state index is 14.5. The second-order valence-electron chi connectivity index (χ2n) is 8.99. The molecule has 4 rings (SSSR count). The molecule has 26 heavy (non-hydrogen) atoms. The maximum absolute atomic E-state index is 14.5. The summed E-state index contributed by atoms with van der Waals surface area (Å²) in [6.07, 6.45) is 6.24. The summed E-state index contributed by atoms with van der Waals surface area (Å²) in [5, 5.41) is 0. The van der Waals surface area contributed by atoms with E-state index >= 15 is 0 Å². The molecule has 4 aliphatic rings. The van der Waals surface area contributed by atoms with Crippen molar-refractivity contribution < 1.29 is 13.9 Å². The quantitative estimate of drug-likeness (QED) is 0.761. The van der Waals surface area contributed by atoms with Gasteiger partial charge in [-0.05, 0) is 58.0 Å². The minimum Gasteiger partial charge on any atom is -0.379 e. The van der Waals surface area contributed by atoms with Gasteiger partial charge in [-0.15, -0.1) is 0 Å². The molecule has 1 aliphatic carbocycles. The highest BCUT2D eigenvalue weighted by atomic mass is 19.1. The molecule has 0 aromatic heterocycles. The van der Waals surface area contributed by atoms with Crippen molar-refractivity contribution in [3.05, 3.63) is 0 Å². The van der Waals surface area contributed by atoms with Crippen LogP contribution in [0.25, 0.3) is 0 Å². The van der Waals surface area contributed by atoms with E-state index in [0.717, 1.165) is 58.7 Å². The Bertz CT molecular complexity index is 497. The average molecular weight is 368 g/mol. The predicted molar refractivity (Wildman–Crippen MR) is 98.9 cm³/mol. The Labute approximate surface area is 156 Å². The number of carbonyl (C=O) groups is 1. The lowest BCUT2D eigenvalue weighted by Crippen LogP contribution is -2.55. The van der Waals surface area contributed by atoms with Crippen LogP contribution in [0.3, 0.4) is 0 Å². The van der Waals surface area contributed by atoms with Gasteiger partial charge in [0.05, 0.1) is 13.2 Å². The van der Waals surface area contributed by atoms with Gasteiger partial charge in [0.25, 0.3) is 5.91 Å². The lowest BCUT2D eigenvalue weighted by molar-refractivity contribution is -0.153. The number of nitrogens with zero attached hydrogens (tertiary/aromatic N) is 3. The Kier molecular flexibility index (Phi) is 5.53. The Morgan fingerprint density at radius 1 is 0.885 bits per heavy atom. The number of rotatable bonds is 4. The Hall–Kier alpha value is -0.720. The summed E-state index contributed by atoms with van der Waals surface area (Å²) in [6.45, 7) is 9.80. The summed E-state index contributed by atoms with van der Waals surface area (Å²) in [5.74, 6) is -0.251. The van der Waals surface area contributed by atoms with Crippen LogP contribution in [0.15, 0.2) is 0 Å². The predicted octanol–water partition coefficient (Wildman–Crippen LogP) is 1.92. The first-order chi connectivity index (χ1) is 12.6. The number of alkyl halides is 1. The molecule has 0 radical (unpaired) electrons. The number of amides is 1. The van der Waals surface area contributed by atoms with Crippen molar-refractivity contribution in [3.8, 4) is 0 Å². The molecule has 3 heterocycles. The number of carbonyl (C=O) groups excluding carboxylic acids is 1.